The maximum atomic E-state index is 13.0. The van der Waals surface area contributed by atoms with Gasteiger partial charge in [0.15, 0.2) is 11.7 Å². The molecule has 0 aliphatic rings. The Morgan fingerprint density at radius 2 is 1.86 bits per heavy atom. The number of rotatable bonds is 8. The van der Waals surface area contributed by atoms with E-state index in [1.165, 1.54) is 12.1 Å². The average Bonchev–Trinajstić information content (AvgIpc) is 3.12. The number of amides is 1. The monoisotopic (exact) mass is 382 g/mol. The number of carbonyl (C=O) groups excluding carboxylic acids is 1. The summed E-state index contributed by atoms with van der Waals surface area (Å²) in [4.78, 5) is 16.1. The summed E-state index contributed by atoms with van der Waals surface area (Å²) in [7, 11) is 0. The summed E-state index contributed by atoms with van der Waals surface area (Å²) in [6.45, 7) is 4.87. The van der Waals surface area contributed by atoms with Crippen molar-refractivity contribution in [2.45, 2.75) is 26.7 Å². The van der Waals surface area contributed by atoms with Gasteiger partial charge in [-0.1, -0.05) is 6.07 Å². The SMILES string of the molecule is Cc1cc(C)cc(OCCNC(=O)CCc2ncc(-c3ccc(F)cc3)o2)c1. The molecule has 0 atom stereocenters. The molecule has 1 amide bonds. The molecule has 0 spiro atoms. The van der Waals surface area contributed by atoms with Crippen molar-refractivity contribution in [3.8, 4) is 17.1 Å². The van der Waals surface area contributed by atoms with Crippen LogP contribution in [0.2, 0.25) is 0 Å². The van der Waals surface area contributed by atoms with Crippen molar-refractivity contribution in [1.29, 1.82) is 0 Å². The van der Waals surface area contributed by atoms with Crippen molar-refractivity contribution in [1.82, 2.24) is 10.3 Å². The maximum Gasteiger partial charge on any atom is 0.220 e. The van der Waals surface area contributed by atoms with E-state index in [0.717, 1.165) is 22.4 Å². The minimum absolute atomic E-state index is 0.0921. The number of oxazole rings is 1. The number of benzene rings is 2. The van der Waals surface area contributed by atoms with Crippen LogP contribution in [0, 0.1) is 19.7 Å². The van der Waals surface area contributed by atoms with Crippen LogP contribution in [0.1, 0.15) is 23.4 Å². The first-order chi connectivity index (χ1) is 13.5. The number of hydrogen-bond acceptors (Lipinski definition) is 4. The lowest BCUT2D eigenvalue weighted by Crippen LogP contribution is -2.28. The van der Waals surface area contributed by atoms with E-state index in [0.29, 0.717) is 31.2 Å². The molecule has 0 saturated heterocycles. The topological polar surface area (TPSA) is 64.4 Å². The summed E-state index contributed by atoms with van der Waals surface area (Å²) in [6.07, 6.45) is 2.25. The van der Waals surface area contributed by atoms with Gasteiger partial charge in [0.1, 0.15) is 18.2 Å². The lowest BCUT2D eigenvalue weighted by Gasteiger charge is -2.09. The minimum Gasteiger partial charge on any atom is -0.492 e. The lowest BCUT2D eigenvalue weighted by molar-refractivity contribution is -0.121. The van der Waals surface area contributed by atoms with Crippen LogP contribution in [0.5, 0.6) is 5.75 Å². The third-order valence-electron chi connectivity index (χ3n) is 4.14. The van der Waals surface area contributed by atoms with Gasteiger partial charge in [-0.3, -0.25) is 4.79 Å². The zero-order chi connectivity index (χ0) is 19.9. The Hall–Kier alpha value is -3.15. The fourth-order valence-electron chi connectivity index (χ4n) is 2.86. The van der Waals surface area contributed by atoms with E-state index < -0.39 is 0 Å². The number of hydrogen-bond donors (Lipinski definition) is 1. The van der Waals surface area contributed by atoms with E-state index in [-0.39, 0.29) is 18.1 Å². The van der Waals surface area contributed by atoms with Crippen LogP contribution in [0.15, 0.2) is 53.1 Å². The minimum atomic E-state index is -0.304. The quantitative estimate of drug-likeness (QED) is 0.592. The van der Waals surface area contributed by atoms with E-state index in [4.69, 9.17) is 9.15 Å². The van der Waals surface area contributed by atoms with Crippen molar-refractivity contribution >= 4 is 5.91 Å². The predicted molar refractivity (Wildman–Crippen MR) is 105 cm³/mol. The van der Waals surface area contributed by atoms with Gasteiger partial charge in [0.05, 0.1) is 12.7 Å². The van der Waals surface area contributed by atoms with Gasteiger partial charge in [0.25, 0.3) is 0 Å². The molecular weight excluding hydrogens is 359 g/mol. The Bertz CT molecular complexity index is 915. The van der Waals surface area contributed by atoms with Gasteiger partial charge >= 0.3 is 0 Å². The van der Waals surface area contributed by atoms with Gasteiger partial charge < -0.3 is 14.5 Å². The van der Waals surface area contributed by atoms with Crippen LogP contribution in [-0.2, 0) is 11.2 Å². The van der Waals surface area contributed by atoms with Crippen molar-refractivity contribution in [3.05, 3.63) is 71.5 Å². The highest BCUT2D eigenvalue weighted by molar-refractivity contribution is 5.76. The number of aromatic nitrogens is 1. The van der Waals surface area contributed by atoms with Gasteiger partial charge in [-0.2, -0.15) is 0 Å². The zero-order valence-corrected chi connectivity index (χ0v) is 16.0. The largest absolute Gasteiger partial charge is 0.492 e. The second-order valence-electron chi connectivity index (χ2n) is 6.65. The number of aryl methyl sites for hydroxylation is 3. The number of nitrogens with zero attached hydrogens (tertiary/aromatic N) is 1. The fourth-order valence-corrected chi connectivity index (χ4v) is 2.86. The van der Waals surface area contributed by atoms with Gasteiger partial charge in [-0.25, -0.2) is 9.37 Å². The molecule has 3 rings (SSSR count). The Kier molecular flexibility index (Phi) is 6.42. The van der Waals surface area contributed by atoms with Gasteiger partial charge in [0.2, 0.25) is 5.91 Å². The zero-order valence-electron chi connectivity index (χ0n) is 16.0. The highest BCUT2D eigenvalue weighted by Crippen LogP contribution is 2.21. The molecule has 0 unspecified atom stereocenters. The van der Waals surface area contributed by atoms with Crippen LogP contribution in [-0.4, -0.2) is 24.0 Å². The average molecular weight is 382 g/mol. The molecule has 1 aromatic heterocycles. The first-order valence-electron chi connectivity index (χ1n) is 9.18. The number of ether oxygens (including phenoxy) is 1. The summed E-state index contributed by atoms with van der Waals surface area (Å²) in [5.41, 5.74) is 3.03. The van der Waals surface area contributed by atoms with Crippen molar-refractivity contribution in [2.75, 3.05) is 13.2 Å². The second kappa shape index (κ2) is 9.17. The number of nitrogens with one attached hydrogen (secondary N) is 1. The maximum absolute atomic E-state index is 13.0. The normalized spacial score (nSPS) is 10.7. The molecule has 0 saturated carbocycles. The molecule has 1 N–H and O–H groups in total. The summed E-state index contributed by atoms with van der Waals surface area (Å²) >= 11 is 0. The lowest BCUT2D eigenvalue weighted by atomic mass is 10.1. The molecule has 1 heterocycles. The van der Waals surface area contributed by atoms with Crippen LogP contribution in [0.3, 0.4) is 0 Å². The van der Waals surface area contributed by atoms with E-state index in [2.05, 4.69) is 16.4 Å². The molecule has 0 radical (unpaired) electrons. The molecule has 0 bridgehead atoms. The summed E-state index contributed by atoms with van der Waals surface area (Å²) in [5, 5.41) is 2.82. The first-order valence-corrected chi connectivity index (χ1v) is 9.18. The molecule has 146 valence electrons. The number of carbonyl (C=O) groups is 1. The second-order valence-corrected chi connectivity index (χ2v) is 6.65. The molecule has 3 aromatic rings. The molecular formula is C22H23FN2O3. The summed E-state index contributed by atoms with van der Waals surface area (Å²) in [6, 6.07) is 12.0. The Morgan fingerprint density at radius 1 is 1.14 bits per heavy atom. The van der Waals surface area contributed by atoms with Crippen LogP contribution >= 0.6 is 0 Å². The van der Waals surface area contributed by atoms with Crippen LogP contribution in [0.4, 0.5) is 4.39 Å². The smallest absolute Gasteiger partial charge is 0.220 e. The predicted octanol–water partition coefficient (Wildman–Crippen LogP) is 4.23. The summed E-state index contributed by atoms with van der Waals surface area (Å²) in [5.74, 6) is 1.44. The van der Waals surface area contributed by atoms with Crippen LogP contribution in [0.25, 0.3) is 11.3 Å². The molecule has 0 aliphatic heterocycles. The van der Waals surface area contributed by atoms with Gasteiger partial charge in [-0.05, 0) is 61.4 Å². The molecule has 0 aliphatic carbocycles. The van der Waals surface area contributed by atoms with Gasteiger partial charge in [0, 0.05) is 18.4 Å². The molecule has 2 aromatic carbocycles. The Balaban J connectivity index is 1.39. The van der Waals surface area contributed by atoms with Crippen LogP contribution < -0.4 is 10.1 Å². The highest BCUT2D eigenvalue weighted by Gasteiger charge is 2.09. The molecule has 5 nitrogen and oxygen atoms in total. The fraction of sp³-hybridized carbons (Fsp3) is 0.273. The highest BCUT2D eigenvalue weighted by atomic mass is 19.1. The van der Waals surface area contributed by atoms with E-state index in [1.807, 2.05) is 26.0 Å². The molecule has 0 fully saturated rings. The van der Waals surface area contributed by atoms with E-state index >= 15 is 0 Å². The third kappa shape index (κ3) is 5.67. The summed E-state index contributed by atoms with van der Waals surface area (Å²) < 4.78 is 24.3. The standard InChI is InChI=1S/C22H23FN2O3/c1-15-11-16(2)13-19(12-15)27-10-9-24-21(26)7-8-22-25-14-20(28-22)17-3-5-18(23)6-4-17/h3-6,11-14H,7-10H2,1-2H3,(H,24,26). The van der Waals surface area contributed by atoms with Crippen molar-refractivity contribution in [2.24, 2.45) is 0 Å². The van der Waals surface area contributed by atoms with E-state index in [9.17, 15) is 9.18 Å². The number of halogens is 1. The third-order valence-corrected chi connectivity index (χ3v) is 4.14. The molecule has 28 heavy (non-hydrogen) atoms. The molecule has 6 heteroatoms. The van der Waals surface area contributed by atoms with Gasteiger partial charge in [-0.15, -0.1) is 0 Å². The Morgan fingerprint density at radius 3 is 2.57 bits per heavy atom. The Labute approximate surface area is 163 Å². The van der Waals surface area contributed by atoms with Crippen molar-refractivity contribution in [3.63, 3.8) is 0 Å². The van der Waals surface area contributed by atoms with Crippen molar-refractivity contribution < 1.29 is 18.3 Å². The van der Waals surface area contributed by atoms with E-state index in [1.54, 1.807) is 18.3 Å². The first kappa shape index (κ1) is 19.6.